The van der Waals surface area contributed by atoms with Crippen LogP contribution in [0, 0.1) is 5.41 Å². The molecular formula is C14H21N3O2. The van der Waals surface area contributed by atoms with Gasteiger partial charge in [-0.25, -0.2) is 0 Å². The van der Waals surface area contributed by atoms with Gasteiger partial charge in [0.05, 0.1) is 6.04 Å². The van der Waals surface area contributed by atoms with Crippen LogP contribution in [0.2, 0.25) is 0 Å². The Bertz CT molecular complexity index is 472. The van der Waals surface area contributed by atoms with Gasteiger partial charge in [0.25, 0.3) is 0 Å². The highest BCUT2D eigenvalue weighted by atomic mass is 16.5. The van der Waals surface area contributed by atoms with Crippen molar-refractivity contribution in [3.05, 3.63) is 29.8 Å². The van der Waals surface area contributed by atoms with Gasteiger partial charge in [-0.1, -0.05) is 37.2 Å². The van der Waals surface area contributed by atoms with Crippen LogP contribution in [-0.2, 0) is 0 Å². The number of para-hydroxylation sites is 1. The lowest BCUT2D eigenvalue weighted by atomic mass is 9.88. The Morgan fingerprint density at radius 1 is 1.53 bits per heavy atom. The maximum Gasteiger partial charge on any atom is 0.144 e. The smallest absolute Gasteiger partial charge is 0.144 e. The zero-order valence-electron chi connectivity index (χ0n) is 11.4. The van der Waals surface area contributed by atoms with E-state index in [1.54, 1.807) is 0 Å². The molecule has 5 nitrogen and oxygen atoms in total. The molecule has 5 heteroatoms. The zero-order valence-corrected chi connectivity index (χ0v) is 11.4. The predicted octanol–water partition coefficient (Wildman–Crippen LogP) is 1.87. The molecule has 4 N–H and O–H groups in total. The number of hydrogen-bond donors (Lipinski definition) is 3. The van der Waals surface area contributed by atoms with Gasteiger partial charge in [-0.15, -0.1) is 0 Å². The number of rotatable bonds is 5. The standard InChI is InChI=1S/C14H21N3O2/c1-14(2,13(15)17-18)7-8-16-11-9-19-12-6-4-3-5-10(11)12/h3-6,11,16,18H,7-9H2,1-2H3,(H2,15,17). The van der Waals surface area contributed by atoms with Gasteiger partial charge in [-0.05, 0) is 19.0 Å². The Morgan fingerprint density at radius 2 is 2.26 bits per heavy atom. The molecule has 19 heavy (non-hydrogen) atoms. The van der Waals surface area contributed by atoms with Crippen molar-refractivity contribution in [2.45, 2.75) is 26.3 Å². The van der Waals surface area contributed by atoms with Gasteiger partial charge < -0.3 is 21.0 Å². The predicted molar refractivity (Wildman–Crippen MR) is 74.5 cm³/mol. The molecule has 1 atom stereocenters. The summed E-state index contributed by atoms with van der Waals surface area (Å²) in [5.74, 6) is 1.22. The van der Waals surface area contributed by atoms with E-state index in [2.05, 4.69) is 16.5 Å². The minimum absolute atomic E-state index is 0.222. The molecule has 1 unspecified atom stereocenters. The summed E-state index contributed by atoms with van der Waals surface area (Å²) >= 11 is 0. The van der Waals surface area contributed by atoms with Gasteiger partial charge in [0.1, 0.15) is 18.2 Å². The fraction of sp³-hybridized carbons (Fsp3) is 0.500. The number of oxime groups is 1. The average Bonchev–Trinajstić information content (AvgIpc) is 2.81. The van der Waals surface area contributed by atoms with Gasteiger partial charge in [0, 0.05) is 11.0 Å². The minimum Gasteiger partial charge on any atom is -0.491 e. The third kappa shape index (κ3) is 2.98. The molecule has 0 amide bonds. The van der Waals surface area contributed by atoms with E-state index in [1.807, 2.05) is 32.0 Å². The SMILES string of the molecule is CC(C)(CCNC1COc2ccccc21)C(N)=NO. The van der Waals surface area contributed by atoms with Crippen LogP contribution in [0.5, 0.6) is 5.75 Å². The number of amidine groups is 1. The summed E-state index contributed by atoms with van der Waals surface area (Å²) in [5, 5.41) is 15.3. The summed E-state index contributed by atoms with van der Waals surface area (Å²) in [6, 6.07) is 8.27. The van der Waals surface area contributed by atoms with Gasteiger partial charge in [0.15, 0.2) is 0 Å². The fourth-order valence-electron chi connectivity index (χ4n) is 2.15. The van der Waals surface area contributed by atoms with Crippen LogP contribution in [-0.4, -0.2) is 24.2 Å². The number of ether oxygens (including phenoxy) is 1. The zero-order chi connectivity index (χ0) is 13.9. The number of nitrogens with one attached hydrogen (secondary N) is 1. The first kappa shape index (κ1) is 13.7. The third-order valence-electron chi connectivity index (χ3n) is 3.64. The van der Waals surface area contributed by atoms with Crippen LogP contribution in [0.15, 0.2) is 29.4 Å². The molecule has 2 rings (SSSR count). The Hall–Kier alpha value is -1.75. The molecule has 1 aliphatic rings. The molecule has 0 saturated carbocycles. The summed E-state index contributed by atoms with van der Waals surface area (Å²) in [7, 11) is 0. The van der Waals surface area contributed by atoms with Crippen molar-refractivity contribution in [3.8, 4) is 5.75 Å². The van der Waals surface area contributed by atoms with E-state index in [4.69, 9.17) is 15.7 Å². The van der Waals surface area contributed by atoms with E-state index < -0.39 is 0 Å². The Kier molecular flexibility index (Phi) is 3.95. The number of fused-ring (bicyclic) bond motifs is 1. The summed E-state index contributed by atoms with van der Waals surface area (Å²) < 4.78 is 5.61. The van der Waals surface area contributed by atoms with Crippen molar-refractivity contribution < 1.29 is 9.94 Å². The Morgan fingerprint density at radius 3 is 3.00 bits per heavy atom. The normalized spacial score (nSPS) is 19.1. The third-order valence-corrected chi connectivity index (χ3v) is 3.64. The average molecular weight is 263 g/mol. The molecule has 1 aromatic rings. The van der Waals surface area contributed by atoms with E-state index >= 15 is 0 Å². The van der Waals surface area contributed by atoms with Crippen molar-refractivity contribution in [1.29, 1.82) is 0 Å². The highest BCUT2D eigenvalue weighted by Crippen LogP contribution is 2.31. The first-order chi connectivity index (χ1) is 9.04. The summed E-state index contributed by atoms with van der Waals surface area (Å²) in [5.41, 5.74) is 6.55. The molecule has 1 heterocycles. The van der Waals surface area contributed by atoms with Crippen LogP contribution in [0.25, 0.3) is 0 Å². The van der Waals surface area contributed by atoms with Crippen LogP contribution >= 0.6 is 0 Å². The lowest BCUT2D eigenvalue weighted by Crippen LogP contribution is -2.35. The van der Waals surface area contributed by atoms with Crippen molar-refractivity contribution in [1.82, 2.24) is 5.32 Å². The number of nitrogens with two attached hydrogens (primary N) is 1. The highest BCUT2D eigenvalue weighted by Gasteiger charge is 2.26. The largest absolute Gasteiger partial charge is 0.491 e. The molecule has 0 aromatic heterocycles. The first-order valence-electron chi connectivity index (χ1n) is 6.48. The van der Waals surface area contributed by atoms with Gasteiger partial charge in [0.2, 0.25) is 0 Å². The molecule has 0 aliphatic carbocycles. The summed E-state index contributed by atoms with van der Waals surface area (Å²) in [4.78, 5) is 0. The Balaban J connectivity index is 1.88. The van der Waals surface area contributed by atoms with Gasteiger partial charge >= 0.3 is 0 Å². The quantitative estimate of drug-likeness (QED) is 0.328. The van der Waals surface area contributed by atoms with Crippen LogP contribution in [0.1, 0.15) is 31.9 Å². The molecule has 1 aromatic carbocycles. The fourth-order valence-corrected chi connectivity index (χ4v) is 2.15. The van der Waals surface area contributed by atoms with E-state index in [-0.39, 0.29) is 17.3 Å². The summed E-state index contributed by atoms with van der Waals surface area (Å²) in [6.07, 6.45) is 0.793. The Labute approximate surface area is 113 Å². The minimum atomic E-state index is -0.319. The highest BCUT2D eigenvalue weighted by molar-refractivity contribution is 5.85. The van der Waals surface area contributed by atoms with Crippen LogP contribution in [0.4, 0.5) is 0 Å². The van der Waals surface area contributed by atoms with Crippen molar-refractivity contribution in [2.24, 2.45) is 16.3 Å². The van der Waals surface area contributed by atoms with Gasteiger partial charge in [-0.2, -0.15) is 0 Å². The molecule has 104 valence electrons. The maximum absolute atomic E-state index is 8.73. The molecule has 0 saturated heterocycles. The number of benzene rings is 1. The second-order valence-corrected chi connectivity index (χ2v) is 5.47. The molecule has 0 spiro atoms. The van der Waals surface area contributed by atoms with E-state index in [1.165, 1.54) is 5.56 Å². The van der Waals surface area contributed by atoms with Gasteiger partial charge in [-0.3, -0.25) is 0 Å². The van der Waals surface area contributed by atoms with Crippen LogP contribution < -0.4 is 15.8 Å². The van der Waals surface area contributed by atoms with Crippen molar-refractivity contribution in [2.75, 3.05) is 13.2 Å². The first-order valence-corrected chi connectivity index (χ1v) is 6.48. The molecular weight excluding hydrogens is 242 g/mol. The molecule has 0 radical (unpaired) electrons. The van der Waals surface area contributed by atoms with Crippen molar-refractivity contribution in [3.63, 3.8) is 0 Å². The van der Waals surface area contributed by atoms with E-state index in [0.29, 0.717) is 6.61 Å². The monoisotopic (exact) mass is 263 g/mol. The molecule has 1 aliphatic heterocycles. The molecule has 0 fully saturated rings. The second-order valence-electron chi connectivity index (χ2n) is 5.47. The topological polar surface area (TPSA) is 79.9 Å². The number of hydrogen-bond acceptors (Lipinski definition) is 4. The maximum atomic E-state index is 8.73. The second kappa shape index (κ2) is 5.48. The lowest BCUT2D eigenvalue weighted by molar-refractivity contribution is 0.295. The summed E-state index contributed by atoms with van der Waals surface area (Å²) in [6.45, 7) is 5.36. The number of nitrogens with zero attached hydrogens (tertiary/aromatic N) is 1. The van der Waals surface area contributed by atoms with E-state index in [9.17, 15) is 0 Å². The lowest BCUT2D eigenvalue weighted by Gasteiger charge is -2.23. The van der Waals surface area contributed by atoms with Crippen molar-refractivity contribution >= 4 is 5.84 Å². The van der Waals surface area contributed by atoms with Crippen LogP contribution in [0.3, 0.4) is 0 Å². The molecule has 0 bridgehead atoms. The van der Waals surface area contributed by atoms with E-state index in [0.717, 1.165) is 18.7 Å².